The smallest absolute Gasteiger partial charge is 0.105 e. The Morgan fingerprint density at radius 3 is 2.95 bits per heavy atom. The van der Waals surface area contributed by atoms with E-state index in [-0.39, 0.29) is 5.60 Å². The topological polar surface area (TPSA) is 39.1 Å². The first-order valence-electron chi connectivity index (χ1n) is 8.62. The van der Waals surface area contributed by atoms with Gasteiger partial charge in [-0.05, 0) is 45.6 Å². The fourth-order valence-corrected chi connectivity index (χ4v) is 3.91. The monoisotopic (exact) mass is 291 g/mol. The van der Waals surface area contributed by atoms with Crippen molar-refractivity contribution in [3.8, 4) is 0 Å². The molecule has 1 saturated heterocycles. The van der Waals surface area contributed by atoms with E-state index in [1.165, 1.54) is 50.6 Å². The van der Waals surface area contributed by atoms with E-state index in [4.69, 9.17) is 4.74 Å². The van der Waals surface area contributed by atoms with Gasteiger partial charge in [-0.1, -0.05) is 19.8 Å². The Morgan fingerprint density at radius 2 is 2.19 bits per heavy atom. The lowest BCUT2D eigenvalue weighted by atomic mass is 9.98. The Kier molecular flexibility index (Phi) is 4.65. The van der Waals surface area contributed by atoms with Gasteiger partial charge >= 0.3 is 0 Å². The molecule has 0 bridgehead atoms. The third-order valence-electron chi connectivity index (χ3n) is 5.11. The zero-order chi connectivity index (χ0) is 14.7. The summed E-state index contributed by atoms with van der Waals surface area (Å²) in [5.41, 5.74) is 1.52. The second-order valence-corrected chi connectivity index (χ2v) is 6.75. The van der Waals surface area contributed by atoms with Crippen LogP contribution in [0.1, 0.15) is 63.4 Å². The molecule has 4 nitrogen and oxygen atoms in total. The van der Waals surface area contributed by atoms with Gasteiger partial charge in [0.05, 0.1) is 23.9 Å². The molecule has 21 heavy (non-hydrogen) atoms. The van der Waals surface area contributed by atoms with E-state index in [2.05, 4.69) is 28.7 Å². The zero-order valence-electron chi connectivity index (χ0n) is 13.5. The van der Waals surface area contributed by atoms with Crippen molar-refractivity contribution in [2.45, 2.75) is 83.6 Å². The van der Waals surface area contributed by atoms with Crippen molar-refractivity contribution in [3.05, 3.63) is 17.7 Å². The molecule has 0 aromatic carbocycles. The average molecular weight is 291 g/mol. The van der Waals surface area contributed by atoms with Crippen molar-refractivity contribution < 1.29 is 4.74 Å². The highest BCUT2D eigenvalue weighted by Gasteiger charge is 2.42. The van der Waals surface area contributed by atoms with Crippen LogP contribution in [-0.2, 0) is 17.8 Å². The Hall–Kier alpha value is -0.870. The van der Waals surface area contributed by atoms with E-state index in [1.54, 1.807) is 0 Å². The highest BCUT2D eigenvalue weighted by atomic mass is 16.5. The highest BCUT2D eigenvalue weighted by molar-refractivity contribution is 5.05. The molecule has 3 rings (SSSR count). The molecule has 1 atom stereocenters. The summed E-state index contributed by atoms with van der Waals surface area (Å²) in [5, 5.41) is 3.48. The fourth-order valence-electron chi connectivity index (χ4n) is 3.91. The van der Waals surface area contributed by atoms with E-state index in [9.17, 15) is 0 Å². The van der Waals surface area contributed by atoms with Gasteiger partial charge in [-0.3, -0.25) is 0 Å². The number of hydrogen-bond acceptors (Lipinski definition) is 3. The van der Waals surface area contributed by atoms with E-state index in [0.29, 0.717) is 6.10 Å². The minimum atomic E-state index is 0.236. The number of aryl methyl sites for hydroxylation is 1. The summed E-state index contributed by atoms with van der Waals surface area (Å²) in [4.78, 5) is 4.49. The summed E-state index contributed by atoms with van der Waals surface area (Å²) < 4.78 is 8.80. The summed E-state index contributed by atoms with van der Waals surface area (Å²) in [5.74, 6) is 1.11. The highest BCUT2D eigenvalue weighted by Crippen LogP contribution is 2.43. The summed E-state index contributed by atoms with van der Waals surface area (Å²) in [6.45, 7) is 7.24. The van der Waals surface area contributed by atoms with Crippen LogP contribution in [-0.4, -0.2) is 27.8 Å². The van der Waals surface area contributed by atoms with E-state index in [1.807, 2.05) is 6.20 Å². The third-order valence-corrected chi connectivity index (χ3v) is 5.11. The number of hydrogen-bond donors (Lipinski definition) is 1. The standard InChI is InChI=1S/C17H29N3O/c1-3-10-18-11-15-12-19-14(2)20(15)13-16-6-9-17(21-16)7-4-5-8-17/h12,16,18H,3-11,13H2,1-2H3. The Morgan fingerprint density at radius 1 is 1.38 bits per heavy atom. The molecule has 0 amide bonds. The quantitative estimate of drug-likeness (QED) is 0.818. The van der Waals surface area contributed by atoms with Crippen molar-refractivity contribution in [2.75, 3.05) is 6.54 Å². The number of aromatic nitrogens is 2. The molecule has 1 saturated carbocycles. The zero-order valence-corrected chi connectivity index (χ0v) is 13.5. The molecule has 0 radical (unpaired) electrons. The molecular formula is C17H29N3O. The number of imidazole rings is 1. The second-order valence-electron chi connectivity index (χ2n) is 6.75. The summed E-state index contributed by atoms with van der Waals surface area (Å²) in [6, 6.07) is 0. The molecule has 118 valence electrons. The summed E-state index contributed by atoms with van der Waals surface area (Å²) >= 11 is 0. The minimum absolute atomic E-state index is 0.236. The van der Waals surface area contributed by atoms with Gasteiger partial charge in [0.25, 0.3) is 0 Å². The van der Waals surface area contributed by atoms with E-state index in [0.717, 1.165) is 25.5 Å². The van der Waals surface area contributed by atoms with Gasteiger partial charge in [0, 0.05) is 12.7 Å². The molecule has 1 unspecified atom stereocenters. The lowest BCUT2D eigenvalue weighted by molar-refractivity contribution is -0.0422. The largest absolute Gasteiger partial charge is 0.370 e. The lowest BCUT2D eigenvalue weighted by Gasteiger charge is -2.24. The molecule has 1 N–H and O–H groups in total. The number of nitrogens with zero attached hydrogens (tertiary/aromatic N) is 2. The van der Waals surface area contributed by atoms with Crippen LogP contribution in [0.5, 0.6) is 0 Å². The van der Waals surface area contributed by atoms with Crippen molar-refractivity contribution >= 4 is 0 Å². The van der Waals surface area contributed by atoms with Gasteiger partial charge < -0.3 is 14.6 Å². The average Bonchev–Trinajstić information content (AvgIpc) is 3.18. The summed E-state index contributed by atoms with van der Waals surface area (Å²) in [6.07, 6.45) is 11.3. The fraction of sp³-hybridized carbons (Fsp3) is 0.824. The Balaban J connectivity index is 1.61. The molecule has 4 heteroatoms. The number of rotatable bonds is 6. The summed E-state index contributed by atoms with van der Waals surface area (Å²) in [7, 11) is 0. The lowest BCUT2D eigenvalue weighted by Crippen LogP contribution is -2.27. The number of ether oxygens (including phenoxy) is 1. The van der Waals surface area contributed by atoms with Gasteiger partial charge in [-0.15, -0.1) is 0 Å². The number of nitrogens with one attached hydrogen (secondary N) is 1. The van der Waals surface area contributed by atoms with Crippen LogP contribution in [0.15, 0.2) is 6.20 Å². The first-order valence-corrected chi connectivity index (χ1v) is 8.62. The molecule has 1 aromatic heterocycles. The van der Waals surface area contributed by atoms with Crippen molar-refractivity contribution in [1.82, 2.24) is 14.9 Å². The van der Waals surface area contributed by atoms with Crippen LogP contribution >= 0.6 is 0 Å². The molecule has 2 aliphatic rings. The molecule has 1 aromatic rings. The second kappa shape index (κ2) is 6.49. The van der Waals surface area contributed by atoms with Gasteiger partial charge in [0.15, 0.2) is 0 Å². The van der Waals surface area contributed by atoms with Crippen LogP contribution in [0, 0.1) is 6.92 Å². The predicted molar refractivity (Wildman–Crippen MR) is 84.3 cm³/mol. The first kappa shape index (κ1) is 15.0. The van der Waals surface area contributed by atoms with Crippen LogP contribution in [0.4, 0.5) is 0 Å². The van der Waals surface area contributed by atoms with Crippen LogP contribution in [0.3, 0.4) is 0 Å². The molecule has 2 fully saturated rings. The maximum absolute atomic E-state index is 6.45. The van der Waals surface area contributed by atoms with Crippen molar-refractivity contribution in [2.24, 2.45) is 0 Å². The van der Waals surface area contributed by atoms with Crippen molar-refractivity contribution in [3.63, 3.8) is 0 Å². The van der Waals surface area contributed by atoms with Gasteiger partial charge in [0.2, 0.25) is 0 Å². The van der Waals surface area contributed by atoms with Crippen LogP contribution in [0.25, 0.3) is 0 Å². The van der Waals surface area contributed by atoms with Crippen LogP contribution < -0.4 is 5.32 Å². The molecule has 1 aliphatic carbocycles. The molecular weight excluding hydrogens is 262 g/mol. The molecule has 2 heterocycles. The third kappa shape index (κ3) is 3.32. The molecule has 1 aliphatic heterocycles. The van der Waals surface area contributed by atoms with Gasteiger partial charge in [0.1, 0.15) is 5.82 Å². The maximum Gasteiger partial charge on any atom is 0.105 e. The first-order chi connectivity index (χ1) is 10.2. The van der Waals surface area contributed by atoms with Gasteiger partial charge in [-0.25, -0.2) is 4.98 Å². The van der Waals surface area contributed by atoms with Crippen molar-refractivity contribution in [1.29, 1.82) is 0 Å². The van der Waals surface area contributed by atoms with Gasteiger partial charge in [-0.2, -0.15) is 0 Å². The predicted octanol–water partition coefficient (Wildman–Crippen LogP) is 3.18. The molecule has 1 spiro atoms. The Labute approximate surface area is 128 Å². The maximum atomic E-state index is 6.45. The normalized spacial score (nSPS) is 24.2. The van der Waals surface area contributed by atoms with Crippen LogP contribution in [0.2, 0.25) is 0 Å². The SMILES string of the molecule is CCCNCc1cnc(C)n1CC1CCC2(CCCC2)O1. The van der Waals surface area contributed by atoms with E-state index < -0.39 is 0 Å². The Bertz CT molecular complexity index is 463. The van der Waals surface area contributed by atoms with E-state index >= 15 is 0 Å². The minimum Gasteiger partial charge on any atom is -0.370 e.